The van der Waals surface area contributed by atoms with Gasteiger partial charge in [-0.05, 0) is 36.8 Å². The molecular weight excluding hydrogens is 1290 g/mol. The van der Waals surface area contributed by atoms with Gasteiger partial charge >= 0.3 is 23.9 Å². The molecule has 7 amide bonds. The number of ether oxygens (including phenoxy) is 12. The second kappa shape index (κ2) is 61.1. The Bertz CT molecular complexity index is 2430. The summed E-state index contributed by atoms with van der Waals surface area (Å²) in [6.45, 7) is 11.0. The van der Waals surface area contributed by atoms with Gasteiger partial charge in [-0.1, -0.05) is 79.9 Å². The second-order valence-electron chi connectivity index (χ2n) is 21.8. The molecule has 2 aromatic rings. The topological polar surface area (TPSA) is 435 Å². The molecule has 0 bridgehead atoms. The van der Waals surface area contributed by atoms with E-state index in [1.165, 1.54) is 0 Å². The van der Waals surface area contributed by atoms with Crippen LogP contribution in [0, 0.1) is 0 Å². The molecule has 4 atom stereocenters. The fourth-order valence-corrected chi connectivity index (χ4v) is 8.69. The predicted molar refractivity (Wildman–Crippen MR) is 355 cm³/mol. The first-order chi connectivity index (χ1) is 47.7. The lowest BCUT2D eigenvalue weighted by molar-refractivity contribution is -0.141. The highest BCUT2D eigenvalue weighted by Crippen LogP contribution is 2.10. The maximum atomic E-state index is 14.0. The fraction of sp³-hybridized carbons (Fsp3) is 0.682. The van der Waals surface area contributed by atoms with Crippen molar-refractivity contribution in [2.45, 2.75) is 108 Å². The number of hydrogen-bond acceptors (Lipinski definition) is 22. The van der Waals surface area contributed by atoms with Crippen molar-refractivity contribution in [3.63, 3.8) is 0 Å². The van der Waals surface area contributed by atoms with Crippen LogP contribution in [0.2, 0.25) is 0 Å². The normalized spacial score (nSPS) is 12.4. The van der Waals surface area contributed by atoms with Crippen molar-refractivity contribution in [2.24, 2.45) is 5.73 Å². The van der Waals surface area contributed by atoms with E-state index in [1.54, 1.807) is 0 Å². The standard InChI is InChI=1S/C66H108N8O24/c67-22-24-69-59(76)21-26-87-28-30-89-32-34-91-36-38-93-40-42-95-44-46-97-48-49-98-47-45-96-43-41-94-39-37-92-35-33-90-31-29-88-27-25-70-62(80)56(50-52-12-6-4-7-13-52)72-63(81)57(51-53-14-8-5-9-15-53)71-60(77)16-10-2-1-3-11-23-68-58(75)19-17-54(64(82)83)73-66(86)74-55(65(84)85)18-20-61(78)79/h4-9,12-15,54-57H,1-3,10-11,16-51,67H2,(H,68,75)(H,69,76)(H,70,80)(H,71,77)(H,72,81)(H,78,79)(H,82,83)(H,84,85)(H2,73,74,86)/t54-,55-,56-,57-/m0/s1. The zero-order chi connectivity index (χ0) is 71.2. The van der Waals surface area contributed by atoms with Crippen molar-refractivity contribution < 1.29 is 115 Å². The summed E-state index contributed by atoms with van der Waals surface area (Å²) in [4.78, 5) is 111. The third-order valence-corrected chi connectivity index (χ3v) is 13.8. The van der Waals surface area contributed by atoms with Gasteiger partial charge in [0.05, 0.1) is 159 Å². The van der Waals surface area contributed by atoms with Gasteiger partial charge in [-0.2, -0.15) is 0 Å². The molecule has 32 heteroatoms. The Morgan fingerprint density at radius 1 is 0.327 bits per heavy atom. The van der Waals surface area contributed by atoms with E-state index >= 15 is 0 Å². The van der Waals surface area contributed by atoms with Crippen molar-refractivity contribution in [2.75, 3.05) is 185 Å². The van der Waals surface area contributed by atoms with Crippen molar-refractivity contribution >= 4 is 53.5 Å². The van der Waals surface area contributed by atoms with E-state index in [0.717, 1.165) is 17.5 Å². The van der Waals surface area contributed by atoms with Gasteiger partial charge in [-0.25, -0.2) is 14.4 Å². The van der Waals surface area contributed by atoms with Crippen LogP contribution in [0.15, 0.2) is 60.7 Å². The van der Waals surface area contributed by atoms with Crippen LogP contribution in [0.3, 0.4) is 0 Å². The molecule has 0 saturated carbocycles. The summed E-state index contributed by atoms with van der Waals surface area (Å²) in [5, 5.41) is 45.7. The number of hydrogen-bond donors (Lipinski definition) is 11. The number of carboxylic acids is 3. The highest BCUT2D eigenvalue weighted by Gasteiger charge is 2.28. The Morgan fingerprint density at radius 2 is 0.684 bits per heavy atom. The van der Waals surface area contributed by atoms with Crippen LogP contribution in [0.1, 0.15) is 81.8 Å². The molecule has 2 aromatic carbocycles. The molecule has 0 unspecified atom stereocenters. The van der Waals surface area contributed by atoms with Gasteiger partial charge in [-0.15, -0.1) is 0 Å². The number of rotatable bonds is 67. The van der Waals surface area contributed by atoms with Crippen molar-refractivity contribution in [3.05, 3.63) is 71.8 Å². The summed E-state index contributed by atoms with van der Waals surface area (Å²) in [5.41, 5.74) is 6.97. The zero-order valence-electron chi connectivity index (χ0n) is 56.6. The summed E-state index contributed by atoms with van der Waals surface area (Å²) in [7, 11) is 0. The van der Waals surface area contributed by atoms with Crippen molar-refractivity contribution in [3.8, 4) is 0 Å². The quantitative estimate of drug-likeness (QED) is 0.0402. The monoisotopic (exact) mass is 1400 g/mol. The van der Waals surface area contributed by atoms with E-state index in [4.69, 9.17) is 67.7 Å². The summed E-state index contributed by atoms with van der Waals surface area (Å²) in [6.07, 6.45) is 2.57. The SMILES string of the molecule is NCCNC(=O)CCOCCOCCOCCOCCOCCOCCOCCOCCOCCOCCOCCOCCNC(=O)[C@H](Cc1ccccc1)NC(=O)[C@H](Cc1ccccc1)NC(=O)CCCCCCCNC(=O)CC[C@H](NC(=O)N[C@@H](CCC(=O)O)C(=O)O)C(=O)O. The molecule has 0 aliphatic carbocycles. The van der Waals surface area contributed by atoms with E-state index in [1.807, 2.05) is 66.0 Å². The molecule has 2 rings (SSSR count). The molecule has 12 N–H and O–H groups in total. The third-order valence-electron chi connectivity index (χ3n) is 13.8. The number of nitrogens with two attached hydrogens (primary N) is 1. The summed E-state index contributed by atoms with van der Waals surface area (Å²) in [6, 6.07) is 12.3. The van der Waals surface area contributed by atoms with Gasteiger partial charge in [0, 0.05) is 64.7 Å². The lowest BCUT2D eigenvalue weighted by Crippen LogP contribution is -2.55. The highest BCUT2D eigenvalue weighted by molar-refractivity contribution is 5.92. The number of carbonyl (C=O) groups excluding carboxylic acids is 6. The Morgan fingerprint density at radius 3 is 1.09 bits per heavy atom. The smallest absolute Gasteiger partial charge is 0.326 e. The minimum absolute atomic E-state index is 0.0826. The van der Waals surface area contributed by atoms with Crippen LogP contribution in [0.25, 0.3) is 0 Å². The van der Waals surface area contributed by atoms with Gasteiger partial charge in [0.1, 0.15) is 24.2 Å². The highest BCUT2D eigenvalue weighted by atomic mass is 16.6. The first-order valence-electron chi connectivity index (χ1n) is 33.5. The maximum Gasteiger partial charge on any atom is 0.326 e. The molecule has 0 heterocycles. The molecule has 0 fully saturated rings. The van der Waals surface area contributed by atoms with Crippen LogP contribution >= 0.6 is 0 Å². The number of aliphatic carboxylic acids is 3. The van der Waals surface area contributed by atoms with Crippen LogP contribution in [-0.2, 0) is 108 Å². The van der Waals surface area contributed by atoms with E-state index in [0.29, 0.717) is 197 Å². The number of benzene rings is 2. The van der Waals surface area contributed by atoms with Gasteiger partial charge in [0.15, 0.2) is 0 Å². The predicted octanol–water partition coefficient (Wildman–Crippen LogP) is 0.529. The van der Waals surface area contributed by atoms with Crippen LogP contribution < -0.4 is 43.0 Å². The number of amides is 7. The molecular formula is C66H108N8O24. The third kappa shape index (κ3) is 51.2. The van der Waals surface area contributed by atoms with E-state index in [2.05, 4.69) is 31.9 Å². The molecule has 556 valence electrons. The minimum Gasteiger partial charge on any atom is -0.481 e. The first kappa shape index (κ1) is 87.0. The summed E-state index contributed by atoms with van der Waals surface area (Å²) >= 11 is 0. The number of urea groups is 1. The largest absolute Gasteiger partial charge is 0.481 e. The Labute approximate surface area is 574 Å². The lowest BCUT2D eigenvalue weighted by Gasteiger charge is -2.23. The molecule has 32 nitrogen and oxygen atoms in total. The van der Waals surface area contributed by atoms with Crippen LogP contribution in [-0.4, -0.2) is 278 Å². The lowest BCUT2D eigenvalue weighted by atomic mass is 10.0. The average molecular weight is 1400 g/mol. The van der Waals surface area contributed by atoms with Crippen molar-refractivity contribution in [1.29, 1.82) is 0 Å². The molecule has 98 heavy (non-hydrogen) atoms. The van der Waals surface area contributed by atoms with Gasteiger partial charge in [0.2, 0.25) is 29.5 Å². The van der Waals surface area contributed by atoms with Crippen LogP contribution in [0.5, 0.6) is 0 Å². The number of nitrogens with one attached hydrogen (secondary N) is 7. The minimum atomic E-state index is -1.56. The van der Waals surface area contributed by atoms with E-state index in [-0.39, 0.29) is 63.7 Å². The molecule has 0 spiro atoms. The molecule has 0 aliphatic heterocycles. The molecule has 0 aliphatic rings. The Balaban J connectivity index is 1.50. The Hall–Kier alpha value is -7.05. The number of carbonyl (C=O) groups is 9. The molecule has 0 aromatic heterocycles. The maximum absolute atomic E-state index is 14.0. The number of carboxylic acid groups (broad SMARTS) is 3. The summed E-state index contributed by atoms with van der Waals surface area (Å²) in [5.74, 6) is -6.03. The number of unbranched alkanes of at least 4 members (excludes halogenated alkanes) is 4. The van der Waals surface area contributed by atoms with Crippen molar-refractivity contribution in [1.82, 2.24) is 37.2 Å². The van der Waals surface area contributed by atoms with E-state index < -0.39 is 78.7 Å². The fourth-order valence-electron chi connectivity index (χ4n) is 8.69. The van der Waals surface area contributed by atoms with E-state index in [9.17, 15) is 53.4 Å². The van der Waals surface area contributed by atoms with Gasteiger partial charge in [0.25, 0.3) is 0 Å². The molecule has 0 saturated heterocycles. The van der Waals surface area contributed by atoms with Gasteiger partial charge < -0.3 is 115 Å². The van der Waals surface area contributed by atoms with Crippen LogP contribution in [0.4, 0.5) is 4.79 Å². The first-order valence-corrected chi connectivity index (χ1v) is 33.5. The van der Waals surface area contributed by atoms with Gasteiger partial charge in [-0.3, -0.25) is 28.8 Å². The second-order valence-corrected chi connectivity index (χ2v) is 21.8. The summed E-state index contributed by atoms with van der Waals surface area (Å²) < 4.78 is 66.2. The average Bonchev–Trinajstić information content (AvgIpc) is 0.899. The molecule has 0 radical (unpaired) electrons. The zero-order valence-corrected chi connectivity index (χ0v) is 56.6. The Kier molecular flexibility index (Phi) is 54.2.